The lowest BCUT2D eigenvalue weighted by atomic mass is 10.1. The number of hydrogen-bond acceptors (Lipinski definition) is 3. The highest BCUT2D eigenvalue weighted by Crippen LogP contribution is 2.26. The maximum atomic E-state index is 8.86. The van der Waals surface area contributed by atoms with Gasteiger partial charge in [0, 0.05) is 23.2 Å². The number of nitriles is 1. The molecule has 2 rings (SSSR count). The van der Waals surface area contributed by atoms with Gasteiger partial charge in [-0.25, -0.2) is 0 Å². The molecule has 0 atom stereocenters. The molecule has 0 aromatic heterocycles. The SMILES string of the molecule is COc1ccc(Br)c(CN(CCC#N)c2ccccc2)c1. The fourth-order valence-corrected chi connectivity index (χ4v) is 2.50. The van der Waals surface area contributed by atoms with Gasteiger partial charge in [-0.2, -0.15) is 5.26 Å². The van der Waals surface area contributed by atoms with Crippen molar-refractivity contribution in [2.45, 2.75) is 13.0 Å². The van der Waals surface area contributed by atoms with Crippen molar-refractivity contribution in [2.24, 2.45) is 0 Å². The summed E-state index contributed by atoms with van der Waals surface area (Å²) in [6.45, 7) is 1.42. The second-order valence-electron chi connectivity index (χ2n) is 4.62. The summed E-state index contributed by atoms with van der Waals surface area (Å²) in [5, 5.41) is 8.86. The highest BCUT2D eigenvalue weighted by Gasteiger charge is 2.10. The third-order valence-corrected chi connectivity index (χ3v) is 4.00. The van der Waals surface area contributed by atoms with Crippen molar-refractivity contribution in [3.05, 3.63) is 58.6 Å². The molecule has 0 unspecified atom stereocenters. The molecule has 0 radical (unpaired) electrons. The highest BCUT2D eigenvalue weighted by atomic mass is 79.9. The van der Waals surface area contributed by atoms with Gasteiger partial charge in [-0.1, -0.05) is 34.1 Å². The molecule has 0 saturated carbocycles. The molecule has 3 nitrogen and oxygen atoms in total. The Morgan fingerprint density at radius 3 is 2.62 bits per heavy atom. The number of anilines is 1. The van der Waals surface area contributed by atoms with Gasteiger partial charge in [-0.15, -0.1) is 0 Å². The third kappa shape index (κ3) is 4.24. The lowest BCUT2D eigenvalue weighted by Crippen LogP contribution is -2.23. The zero-order valence-corrected chi connectivity index (χ0v) is 13.5. The molecule has 0 aliphatic heterocycles. The first-order chi connectivity index (χ1) is 10.2. The third-order valence-electron chi connectivity index (χ3n) is 3.23. The van der Waals surface area contributed by atoms with Gasteiger partial charge in [0.05, 0.1) is 19.6 Å². The van der Waals surface area contributed by atoms with Gasteiger partial charge in [0.25, 0.3) is 0 Å². The smallest absolute Gasteiger partial charge is 0.119 e. The first-order valence-corrected chi connectivity index (χ1v) is 7.53. The van der Waals surface area contributed by atoms with Crippen LogP contribution in [-0.4, -0.2) is 13.7 Å². The summed E-state index contributed by atoms with van der Waals surface area (Å²) in [4.78, 5) is 2.20. The molecule has 0 bridgehead atoms. The van der Waals surface area contributed by atoms with Crippen LogP contribution < -0.4 is 9.64 Å². The number of para-hydroxylation sites is 1. The van der Waals surface area contributed by atoms with E-state index < -0.39 is 0 Å². The molecule has 2 aromatic rings. The van der Waals surface area contributed by atoms with E-state index in [2.05, 4.69) is 39.0 Å². The van der Waals surface area contributed by atoms with Crippen LogP contribution in [0.15, 0.2) is 53.0 Å². The Balaban J connectivity index is 2.25. The number of benzene rings is 2. The van der Waals surface area contributed by atoms with E-state index in [1.165, 1.54) is 0 Å². The molecule has 0 amide bonds. The van der Waals surface area contributed by atoms with Crippen molar-refractivity contribution >= 4 is 21.6 Å². The fraction of sp³-hybridized carbons (Fsp3) is 0.235. The molecule has 4 heteroatoms. The van der Waals surface area contributed by atoms with Gasteiger partial charge in [-0.3, -0.25) is 0 Å². The first-order valence-electron chi connectivity index (χ1n) is 6.74. The van der Waals surface area contributed by atoms with Gasteiger partial charge in [0.1, 0.15) is 5.75 Å². The van der Waals surface area contributed by atoms with Crippen molar-refractivity contribution in [1.82, 2.24) is 0 Å². The van der Waals surface area contributed by atoms with Crippen LogP contribution in [0.1, 0.15) is 12.0 Å². The Morgan fingerprint density at radius 1 is 1.19 bits per heavy atom. The van der Waals surface area contributed by atoms with Crippen molar-refractivity contribution in [1.29, 1.82) is 5.26 Å². The van der Waals surface area contributed by atoms with E-state index in [1.54, 1.807) is 7.11 Å². The van der Waals surface area contributed by atoms with Crippen LogP contribution in [0.2, 0.25) is 0 Å². The number of methoxy groups -OCH3 is 1. The largest absolute Gasteiger partial charge is 0.497 e. The van der Waals surface area contributed by atoms with Gasteiger partial charge in [-0.05, 0) is 35.9 Å². The summed E-state index contributed by atoms with van der Waals surface area (Å²) in [5.41, 5.74) is 2.25. The standard InChI is InChI=1S/C17H17BrN2O/c1-21-16-8-9-17(18)14(12-16)13-20(11-5-10-19)15-6-3-2-4-7-15/h2-4,6-9,12H,5,11,13H2,1H3. The molecular formula is C17H17BrN2O. The van der Waals surface area contributed by atoms with E-state index in [1.807, 2.05) is 36.4 Å². The van der Waals surface area contributed by atoms with E-state index in [0.717, 1.165) is 28.0 Å². The van der Waals surface area contributed by atoms with Crippen molar-refractivity contribution in [3.63, 3.8) is 0 Å². The summed E-state index contributed by atoms with van der Waals surface area (Å²) >= 11 is 3.58. The lowest BCUT2D eigenvalue weighted by molar-refractivity contribution is 0.414. The second kappa shape index (κ2) is 7.70. The van der Waals surface area contributed by atoms with Gasteiger partial charge >= 0.3 is 0 Å². The van der Waals surface area contributed by atoms with Crippen LogP contribution >= 0.6 is 15.9 Å². The van der Waals surface area contributed by atoms with Crippen LogP contribution in [0.5, 0.6) is 5.75 Å². The Bertz CT molecular complexity index is 622. The number of nitrogens with zero attached hydrogens (tertiary/aromatic N) is 2. The molecule has 21 heavy (non-hydrogen) atoms. The molecule has 0 fully saturated rings. The van der Waals surface area contributed by atoms with Crippen LogP contribution in [0.3, 0.4) is 0 Å². The summed E-state index contributed by atoms with van der Waals surface area (Å²) in [6.07, 6.45) is 0.497. The minimum absolute atomic E-state index is 0.497. The molecule has 0 aliphatic rings. The van der Waals surface area contributed by atoms with E-state index in [0.29, 0.717) is 13.0 Å². The van der Waals surface area contributed by atoms with E-state index >= 15 is 0 Å². The Labute approximate surface area is 133 Å². The molecule has 0 spiro atoms. The molecule has 0 heterocycles. The van der Waals surface area contributed by atoms with Crippen molar-refractivity contribution in [3.8, 4) is 11.8 Å². The van der Waals surface area contributed by atoms with Crippen LogP contribution in [0.4, 0.5) is 5.69 Å². The quantitative estimate of drug-likeness (QED) is 0.780. The predicted molar refractivity (Wildman–Crippen MR) is 88.4 cm³/mol. The summed E-state index contributed by atoms with van der Waals surface area (Å²) in [5.74, 6) is 0.835. The first kappa shape index (κ1) is 15.4. The van der Waals surface area contributed by atoms with Crippen molar-refractivity contribution < 1.29 is 4.74 Å². The molecule has 0 aliphatic carbocycles. The molecular weight excluding hydrogens is 328 g/mol. The minimum Gasteiger partial charge on any atom is -0.497 e. The lowest BCUT2D eigenvalue weighted by Gasteiger charge is -2.24. The number of ether oxygens (including phenoxy) is 1. The maximum Gasteiger partial charge on any atom is 0.119 e. The zero-order chi connectivity index (χ0) is 15.1. The summed E-state index contributed by atoms with van der Waals surface area (Å²) in [6, 6.07) is 18.3. The molecule has 2 aromatic carbocycles. The number of rotatable bonds is 6. The van der Waals surface area contributed by atoms with Gasteiger partial charge in [0.2, 0.25) is 0 Å². The molecule has 0 saturated heterocycles. The summed E-state index contributed by atoms with van der Waals surface area (Å²) in [7, 11) is 1.66. The number of hydrogen-bond donors (Lipinski definition) is 0. The Hall–Kier alpha value is -1.99. The maximum absolute atomic E-state index is 8.86. The molecule has 0 N–H and O–H groups in total. The average Bonchev–Trinajstić information content (AvgIpc) is 2.54. The monoisotopic (exact) mass is 344 g/mol. The highest BCUT2D eigenvalue weighted by molar-refractivity contribution is 9.10. The van der Waals surface area contributed by atoms with Gasteiger partial charge in [0.15, 0.2) is 0 Å². The fourth-order valence-electron chi connectivity index (χ4n) is 2.13. The normalized spacial score (nSPS) is 9.95. The van der Waals surface area contributed by atoms with Gasteiger partial charge < -0.3 is 9.64 Å². The molecule has 108 valence electrons. The topological polar surface area (TPSA) is 36.3 Å². The predicted octanol–water partition coefficient (Wildman–Crippen LogP) is 4.38. The van der Waals surface area contributed by atoms with Crippen LogP contribution in [0.25, 0.3) is 0 Å². The Kier molecular flexibility index (Phi) is 5.65. The zero-order valence-electron chi connectivity index (χ0n) is 11.9. The number of halogens is 1. The second-order valence-corrected chi connectivity index (χ2v) is 5.48. The van der Waals surface area contributed by atoms with E-state index in [-0.39, 0.29) is 0 Å². The Morgan fingerprint density at radius 2 is 1.95 bits per heavy atom. The minimum atomic E-state index is 0.497. The van der Waals surface area contributed by atoms with E-state index in [4.69, 9.17) is 10.00 Å². The summed E-state index contributed by atoms with van der Waals surface area (Å²) < 4.78 is 6.33. The van der Waals surface area contributed by atoms with E-state index in [9.17, 15) is 0 Å². The van der Waals surface area contributed by atoms with Crippen LogP contribution in [0, 0.1) is 11.3 Å². The van der Waals surface area contributed by atoms with Crippen molar-refractivity contribution in [2.75, 3.05) is 18.6 Å². The average molecular weight is 345 g/mol. The van der Waals surface area contributed by atoms with Crippen LogP contribution in [-0.2, 0) is 6.54 Å².